The van der Waals surface area contributed by atoms with E-state index in [1.54, 1.807) is 24.7 Å². The van der Waals surface area contributed by atoms with E-state index in [9.17, 15) is 0 Å². The Morgan fingerprint density at radius 2 is 1.93 bits per heavy atom. The molecule has 0 unspecified atom stereocenters. The van der Waals surface area contributed by atoms with Crippen molar-refractivity contribution in [1.82, 2.24) is 9.97 Å². The summed E-state index contributed by atoms with van der Waals surface area (Å²) >= 11 is 5.88. The van der Waals surface area contributed by atoms with Gasteiger partial charge >= 0.3 is 0 Å². The number of rotatable bonds is 1. The number of hydrogen-bond acceptors (Lipinski definition) is 3. The highest BCUT2D eigenvalue weighted by Gasteiger charge is 2.03. The first-order chi connectivity index (χ1) is 7.31. The first-order valence-corrected chi connectivity index (χ1v) is 4.65. The zero-order chi connectivity index (χ0) is 10.7. The van der Waals surface area contributed by atoms with Crippen molar-refractivity contribution in [2.45, 2.75) is 0 Å². The molecule has 2 aromatic rings. The normalized spacial score (nSPS) is 9.60. The van der Waals surface area contributed by atoms with E-state index in [2.05, 4.69) is 9.97 Å². The van der Waals surface area contributed by atoms with E-state index in [1.807, 2.05) is 18.2 Å². The molecule has 0 fully saturated rings. The number of hydrogen-bond donors (Lipinski definition) is 0. The van der Waals surface area contributed by atoms with Gasteiger partial charge in [-0.05, 0) is 23.8 Å². The lowest BCUT2D eigenvalue weighted by atomic mass is 10.1. The van der Waals surface area contributed by atoms with Crippen LogP contribution >= 0.6 is 11.6 Å². The second kappa shape index (κ2) is 4.07. The minimum atomic E-state index is 0.245. The molecule has 0 spiro atoms. The standard InChI is InChI=1S/C11H6ClN3/c12-10-5-9(7-15-11(10)6-13)8-1-3-14-4-2-8/h1-5,7H. The fourth-order valence-electron chi connectivity index (χ4n) is 1.22. The zero-order valence-corrected chi connectivity index (χ0v) is 8.44. The molecule has 0 aliphatic heterocycles. The molecule has 0 radical (unpaired) electrons. The van der Waals surface area contributed by atoms with E-state index in [0.717, 1.165) is 11.1 Å². The van der Waals surface area contributed by atoms with Gasteiger partial charge in [-0.2, -0.15) is 5.26 Å². The van der Waals surface area contributed by atoms with Crippen LogP contribution in [0, 0.1) is 11.3 Å². The molecule has 4 heteroatoms. The van der Waals surface area contributed by atoms with Gasteiger partial charge in [-0.1, -0.05) is 11.6 Å². The Labute approximate surface area is 92.0 Å². The minimum Gasteiger partial charge on any atom is -0.265 e. The molecule has 3 nitrogen and oxygen atoms in total. The molecule has 0 N–H and O–H groups in total. The fraction of sp³-hybridized carbons (Fsp3) is 0. The molecule has 0 aromatic carbocycles. The van der Waals surface area contributed by atoms with Gasteiger partial charge in [-0.3, -0.25) is 4.98 Å². The summed E-state index contributed by atoms with van der Waals surface area (Å²) in [5, 5.41) is 9.04. The summed E-state index contributed by atoms with van der Waals surface area (Å²) in [7, 11) is 0. The van der Waals surface area contributed by atoms with Gasteiger partial charge in [0.05, 0.1) is 5.02 Å². The highest BCUT2D eigenvalue weighted by molar-refractivity contribution is 6.31. The van der Waals surface area contributed by atoms with Crippen molar-refractivity contribution in [3.05, 3.63) is 47.5 Å². The SMILES string of the molecule is N#Cc1ncc(-c2ccncc2)cc1Cl. The number of nitriles is 1. The monoisotopic (exact) mass is 215 g/mol. The molecular weight excluding hydrogens is 210 g/mol. The Hall–Kier alpha value is -1.92. The summed E-state index contributed by atoms with van der Waals surface area (Å²) in [5.74, 6) is 0. The molecule has 0 bridgehead atoms. The van der Waals surface area contributed by atoms with Crippen LogP contribution in [0.2, 0.25) is 5.02 Å². The van der Waals surface area contributed by atoms with Gasteiger partial charge in [-0.15, -0.1) is 0 Å². The van der Waals surface area contributed by atoms with E-state index in [1.165, 1.54) is 0 Å². The van der Waals surface area contributed by atoms with Crippen LogP contribution in [0.3, 0.4) is 0 Å². The smallest absolute Gasteiger partial charge is 0.159 e. The quantitative estimate of drug-likeness (QED) is 0.735. The van der Waals surface area contributed by atoms with Gasteiger partial charge in [0.25, 0.3) is 0 Å². The van der Waals surface area contributed by atoms with Crippen molar-refractivity contribution in [3.63, 3.8) is 0 Å². The van der Waals surface area contributed by atoms with Crippen LogP contribution in [0.15, 0.2) is 36.8 Å². The Kier molecular flexibility index (Phi) is 2.61. The molecule has 2 aromatic heterocycles. The first kappa shape index (κ1) is 9.63. The van der Waals surface area contributed by atoms with E-state index in [-0.39, 0.29) is 5.69 Å². The molecule has 2 rings (SSSR count). The average molecular weight is 216 g/mol. The predicted molar refractivity (Wildman–Crippen MR) is 57.2 cm³/mol. The molecule has 0 atom stereocenters. The zero-order valence-electron chi connectivity index (χ0n) is 7.68. The van der Waals surface area contributed by atoms with Crippen LogP contribution in [0.4, 0.5) is 0 Å². The van der Waals surface area contributed by atoms with Crippen LogP contribution in [0.25, 0.3) is 11.1 Å². The maximum Gasteiger partial charge on any atom is 0.159 e. The van der Waals surface area contributed by atoms with Crippen molar-refractivity contribution in [1.29, 1.82) is 5.26 Å². The molecule has 15 heavy (non-hydrogen) atoms. The van der Waals surface area contributed by atoms with Gasteiger partial charge < -0.3 is 0 Å². The van der Waals surface area contributed by atoms with Crippen molar-refractivity contribution in [2.75, 3.05) is 0 Å². The Balaban J connectivity index is 2.49. The van der Waals surface area contributed by atoms with Crippen LogP contribution < -0.4 is 0 Å². The van der Waals surface area contributed by atoms with Crippen LogP contribution in [-0.2, 0) is 0 Å². The summed E-state index contributed by atoms with van der Waals surface area (Å²) in [5.41, 5.74) is 2.10. The third kappa shape index (κ3) is 1.95. The lowest BCUT2D eigenvalue weighted by molar-refractivity contribution is 1.26. The van der Waals surface area contributed by atoms with E-state index >= 15 is 0 Å². The second-order valence-electron chi connectivity index (χ2n) is 2.90. The van der Waals surface area contributed by atoms with Gasteiger partial charge in [0.15, 0.2) is 5.69 Å². The third-order valence-electron chi connectivity index (χ3n) is 1.96. The van der Waals surface area contributed by atoms with Crippen LogP contribution in [-0.4, -0.2) is 9.97 Å². The maximum atomic E-state index is 8.67. The summed E-state index contributed by atoms with van der Waals surface area (Å²) in [6.45, 7) is 0. The summed E-state index contributed by atoms with van der Waals surface area (Å²) < 4.78 is 0. The lowest BCUT2D eigenvalue weighted by Crippen LogP contribution is -1.86. The second-order valence-corrected chi connectivity index (χ2v) is 3.31. The minimum absolute atomic E-state index is 0.245. The fourth-order valence-corrected chi connectivity index (χ4v) is 1.43. The molecular formula is C11H6ClN3. The van der Waals surface area contributed by atoms with Crippen molar-refractivity contribution < 1.29 is 0 Å². The summed E-state index contributed by atoms with van der Waals surface area (Å²) in [6.07, 6.45) is 5.02. The van der Waals surface area contributed by atoms with E-state index in [4.69, 9.17) is 16.9 Å². The van der Waals surface area contributed by atoms with Gasteiger partial charge in [0.2, 0.25) is 0 Å². The molecule has 0 amide bonds. The van der Waals surface area contributed by atoms with Crippen molar-refractivity contribution in [3.8, 4) is 17.2 Å². The van der Waals surface area contributed by atoms with E-state index < -0.39 is 0 Å². The summed E-state index contributed by atoms with van der Waals surface area (Å²) in [6, 6.07) is 7.36. The highest BCUT2D eigenvalue weighted by atomic mass is 35.5. The molecule has 0 aliphatic rings. The van der Waals surface area contributed by atoms with Crippen LogP contribution in [0.5, 0.6) is 0 Å². The lowest BCUT2D eigenvalue weighted by Gasteiger charge is -2.01. The summed E-state index contributed by atoms with van der Waals surface area (Å²) in [4.78, 5) is 7.88. The molecule has 72 valence electrons. The highest BCUT2D eigenvalue weighted by Crippen LogP contribution is 2.22. The molecule has 0 aliphatic carbocycles. The number of aromatic nitrogens is 2. The van der Waals surface area contributed by atoms with Gasteiger partial charge in [0, 0.05) is 24.2 Å². The molecule has 0 saturated heterocycles. The first-order valence-electron chi connectivity index (χ1n) is 4.27. The molecule has 2 heterocycles. The number of pyridine rings is 2. The predicted octanol–water partition coefficient (Wildman–Crippen LogP) is 2.67. The van der Waals surface area contributed by atoms with Gasteiger partial charge in [0.1, 0.15) is 6.07 Å². The Morgan fingerprint density at radius 1 is 1.20 bits per heavy atom. The maximum absolute atomic E-state index is 8.67. The number of halogens is 1. The van der Waals surface area contributed by atoms with Crippen molar-refractivity contribution >= 4 is 11.6 Å². The average Bonchev–Trinajstić information content (AvgIpc) is 2.30. The van der Waals surface area contributed by atoms with Crippen LogP contribution in [0.1, 0.15) is 5.69 Å². The largest absolute Gasteiger partial charge is 0.265 e. The number of nitrogens with zero attached hydrogens (tertiary/aromatic N) is 3. The third-order valence-corrected chi connectivity index (χ3v) is 2.25. The van der Waals surface area contributed by atoms with Crippen molar-refractivity contribution in [2.24, 2.45) is 0 Å². The Morgan fingerprint density at radius 3 is 2.53 bits per heavy atom. The van der Waals surface area contributed by atoms with Gasteiger partial charge in [-0.25, -0.2) is 4.98 Å². The van der Waals surface area contributed by atoms with E-state index in [0.29, 0.717) is 5.02 Å². The Bertz CT molecular complexity index is 517. The topological polar surface area (TPSA) is 49.6 Å². The molecule has 0 saturated carbocycles.